The Labute approximate surface area is 119 Å². The Kier molecular flexibility index (Phi) is 2.73. The highest BCUT2D eigenvalue weighted by Gasteiger charge is 2.56. The molecule has 1 atom stereocenters. The smallest absolute Gasteiger partial charge is 0.323 e. The normalized spacial score (nSPS) is 26.8. The second kappa shape index (κ2) is 4.08. The number of amides is 3. The Morgan fingerprint density at radius 2 is 1.89 bits per heavy atom. The highest BCUT2D eigenvalue weighted by molar-refractivity contribution is 6.33. The summed E-state index contributed by atoms with van der Waals surface area (Å²) in [5, 5.41) is 3.04. The van der Waals surface area contributed by atoms with Crippen LogP contribution in [0.2, 0.25) is 10.3 Å². The number of halogens is 2. The van der Waals surface area contributed by atoms with E-state index in [2.05, 4.69) is 10.3 Å². The van der Waals surface area contributed by atoms with E-state index in [-0.39, 0.29) is 22.1 Å². The van der Waals surface area contributed by atoms with Crippen LogP contribution in [0.25, 0.3) is 0 Å². The molecule has 0 spiro atoms. The Hall–Kier alpha value is -1.33. The van der Waals surface area contributed by atoms with Gasteiger partial charge in [-0.1, -0.05) is 23.2 Å². The molecule has 5 nitrogen and oxygen atoms in total. The molecule has 7 heteroatoms. The summed E-state index contributed by atoms with van der Waals surface area (Å²) in [6, 6.07) is 2.45. The van der Waals surface area contributed by atoms with Gasteiger partial charge < -0.3 is 5.32 Å². The molecule has 1 aliphatic carbocycles. The molecule has 1 saturated heterocycles. The highest BCUT2D eigenvalue weighted by Crippen LogP contribution is 2.43. The maximum absolute atomic E-state index is 12.5. The van der Waals surface area contributed by atoms with E-state index in [1.165, 1.54) is 12.1 Å². The Balaban J connectivity index is 2.00. The van der Waals surface area contributed by atoms with Gasteiger partial charge in [-0.25, -0.2) is 14.7 Å². The lowest BCUT2D eigenvalue weighted by Crippen LogP contribution is -2.46. The van der Waals surface area contributed by atoms with E-state index in [1.54, 1.807) is 6.92 Å². The molecule has 100 valence electrons. The maximum atomic E-state index is 12.5. The number of carbonyl (C=O) groups excluding carboxylic acids is 2. The third-order valence-electron chi connectivity index (χ3n) is 3.62. The number of hydrogen-bond acceptors (Lipinski definition) is 3. The first kappa shape index (κ1) is 12.7. The lowest BCUT2D eigenvalue weighted by Gasteiger charge is -2.21. The average molecular weight is 300 g/mol. The molecular weight excluding hydrogens is 289 g/mol. The molecule has 1 aromatic heterocycles. The van der Waals surface area contributed by atoms with Crippen molar-refractivity contribution in [1.29, 1.82) is 0 Å². The van der Waals surface area contributed by atoms with Crippen molar-refractivity contribution in [3.05, 3.63) is 22.4 Å². The fraction of sp³-hybridized carbons (Fsp3) is 0.417. The molecule has 19 heavy (non-hydrogen) atoms. The van der Waals surface area contributed by atoms with Crippen molar-refractivity contribution in [3.8, 4) is 0 Å². The van der Waals surface area contributed by atoms with Crippen molar-refractivity contribution in [2.45, 2.75) is 25.3 Å². The van der Waals surface area contributed by atoms with E-state index >= 15 is 0 Å². The minimum absolute atomic E-state index is 0.142. The molecule has 2 fully saturated rings. The van der Waals surface area contributed by atoms with Crippen LogP contribution >= 0.6 is 23.2 Å². The molecule has 1 aromatic rings. The number of carbonyl (C=O) groups is 2. The van der Waals surface area contributed by atoms with Gasteiger partial charge in [-0.3, -0.25) is 4.79 Å². The predicted octanol–water partition coefficient (Wildman–Crippen LogP) is 2.61. The first-order chi connectivity index (χ1) is 8.91. The third-order valence-corrected chi connectivity index (χ3v) is 4.00. The predicted molar refractivity (Wildman–Crippen MR) is 71.4 cm³/mol. The zero-order valence-electron chi connectivity index (χ0n) is 10.1. The summed E-state index contributed by atoms with van der Waals surface area (Å²) in [7, 11) is 0. The van der Waals surface area contributed by atoms with E-state index < -0.39 is 11.6 Å². The van der Waals surface area contributed by atoms with Crippen LogP contribution in [0.1, 0.15) is 19.8 Å². The van der Waals surface area contributed by atoms with Gasteiger partial charge in [0.15, 0.2) is 0 Å². The summed E-state index contributed by atoms with van der Waals surface area (Å²) in [5.74, 6) is -0.0555. The third kappa shape index (κ3) is 1.97. The maximum Gasteiger partial charge on any atom is 0.329 e. The van der Waals surface area contributed by atoms with E-state index in [0.717, 1.165) is 17.7 Å². The molecule has 1 saturated carbocycles. The standard InChI is InChI=1S/C12H11Cl2N3O2/c1-12(6-2-3-6)10(18)17(11(19)16-12)7-4-8(13)15-9(14)5-7/h4-6H,2-3H2,1H3,(H,16,19). The molecule has 0 bridgehead atoms. The number of aromatic nitrogens is 1. The van der Waals surface area contributed by atoms with Gasteiger partial charge in [-0.05, 0) is 37.8 Å². The number of nitrogens with zero attached hydrogens (tertiary/aromatic N) is 2. The molecule has 1 N–H and O–H groups in total. The van der Waals surface area contributed by atoms with Crippen molar-refractivity contribution in [2.75, 3.05) is 4.90 Å². The molecule has 3 amide bonds. The number of rotatable bonds is 2. The lowest BCUT2D eigenvalue weighted by atomic mass is 9.96. The fourth-order valence-corrected chi connectivity index (χ4v) is 2.86. The lowest BCUT2D eigenvalue weighted by molar-refractivity contribution is -0.122. The Morgan fingerprint density at radius 1 is 1.32 bits per heavy atom. The zero-order chi connectivity index (χ0) is 13.8. The Morgan fingerprint density at radius 3 is 2.42 bits per heavy atom. The van der Waals surface area contributed by atoms with Gasteiger partial charge in [-0.2, -0.15) is 0 Å². The summed E-state index contributed by atoms with van der Waals surface area (Å²) in [4.78, 5) is 29.4. The second-order valence-electron chi connectivity index (χ2n) is 5.02. The number of urea groups is 1. The van der Waals surface area contributed by atoms with Crippen LogP contribution in [0.5, 0.6) is 0 Å². The van der Waals surface area contributed by atoms with E-state index in [9.17, 15) is 9.59 Å². The molecule has 0 radical (unpaired) electrons. The quantitative estimate of drug-likeness (QED) is 0.674. The average Bonchev–Trinajstić information content (AvgIpc) is 3.08. The summed E-state index contributed by atoms with van der Waals surface area (Å²) in [6.07, 6.45) is 1.91. The highest BCUT2D eigenvalue weighted by atomic mass is 35.5. The fourth-order valence-electron chi connectivity index (χ4n) is 2.41. The van der Waals surface area contributed by atoms with Crippen LogP contribution in [0.4, 0.5) is 10.5 Å². The molecule has 2 aliphatic rings. The molecule has 0 aromatic carbocycles. The van der Waals surface area contributed by atoms with Crippen LogP contribution in [0.15, 0.2) is 12.1 Å². The van der Waals surface area contributed by atoms with Crippen molar-refractivity contribution in [1.82, 2.24) is 10.3 Å². The molecule has 1 aliphatic heterocycles. The van der Waals surface area contributed by atoms with Crippen molar-refractivity contribution in [2.24, 2.45) is 5.92 Å². The summed E-state index contributed by atoms with van der Waals surface area (Å²) >= 11 is 11.6. The van der Waals surface area contributed by atoms with E-state index in [0.29, 0.717) is 5.69 Å². The first-order valence-corrected chi connectivity index (χ1v) is 6.67. The number of nitrogens with one attached hydrogen (secondary N) is 1. The molecule has 2 heterocycles. The van der Waals surface area contributed by atoms with Gasteiger partial charge in [0, 0.05) is 0 Å². The van der Waals surface area contributed by atoms with Crippen LogP contribution in [-0.4, -0.2) is 22.5 Å². The molecular formula is C12H11Cl2N3O2. The van der Waals surface area contributed by atoms with Crippen molar-refractivity contribution < 1.29 is 9.59 Å². The number of imide groups is 1. The molecule has 3 rings (SSSR count). The summed E-state index contributed by atoms with van der Waals surface area (Å²) in [5.41, 5.74) is -0.476. The number of pyridine rings is 1. The Bertz CT molecular complexity index is 568. The van der Waals surface area contributed by atoms with Gasteiger partial charge in [0.25, 0.3) is 5.91 Å². The monoisotopic (exact) mass is 299 g/mol. The second-order valence-corrected chi connectivity index (χ2v) is 5.79. The van der Waals surface area contributed by atoms with Gasteiger partial charge in [0.2, 0.25) is 0 Å². The summed E-state index contributed by atoms with van der Waals surface area (Å²) in [6.45, 7) is 1.76. The minimum atomic E-state index is -0.820. The van der Waals surface area contributed by atoms with E-state index in [4.69, 9.17) is 23.2 Å². The topological polar surface area (TPSA) is 62.3 Å². The van der Waals surface area contributed by atoms with Gasteiger partial charge in [0.05, 0.1) is 5.69 Å². The van der Waals surface area contributed by atoms with Gasteiger partial charge >= 0.3 is 6.03 Å². The largest absolute Gasteiger partial charge is 0.329 e. The van der Waals surface area contributed by atoms with Crippen molar-refractivity contribution >= 4 is 40.8 Å². The number of hydrogen-bond donors (Lipinski definition) is 1. The SMILES string of the molecule is CC1(C2CC2)NC(=O)N(c2cc(Cl)nc(Cl)c2)C1=O. The van der Waals surface area contributed by atoms with Gasteiger partial charge in [0.1, 0.15) is 15.8 Å². The van der Waals surface area contributed by atoms with Crippen molar-refractivity contribution in [3.63, 3.8) is 0 Å². The summed E-state index contributed by atoms with van der Waals surface area (Å²) < 4.78 is 0. The van der Waals surface area contributed by atoms with E-state index in [1.807, 2.05) is 0 Å². The zero-order valence-corrected chi connectivity index (χ0v) is 11.6. The van der Waals surface area contributed by atoms with Gasteiger partial charge in [-0.15, -0.1) is 0 Å². The van der Waals surface area contributed by atoms with Crippen LogP contribution in [0.3, 0.4) is 0 Å². The minimum Gasteiger partial charge on any atom is -0.323 e. The van der Waals surface area contributed by atoms with Crippen LogP contribution in [-0.2, 0) is 4.79 Å². The first-order valence-electron chi connectivity index (χ1n) is 5.91. The number of anilines is 1. The molecule has 1 unspecified atom stereocenters. The van der Waals surface area contributed by atoms with Crippen LogP contribution in [0, 0.1) is 5.92 Å². The van der Waals surface area contributed by atoms with Crippen LogP contribution < -0.4 is 10.2 Å².